The fourth-order valence-electron chi connectivity index (χ4n) is 2.94. The molecule has 0 radical (unpaired) electrons. The highest BCUT2D eigenvalue weighted by molar-refractivity contribution is 5.91. The second kappa shape index (κ2) is 8.76. The second-order valence-electron chi connectivity index (χ2n) is 5.96. The lowest BCUT2D eigenvalue weighted by atomic mass is 10.1. The van der Waals surface area contributed by atoms with E-state index < -0.39 is 17.9 Å². The Hall–Kier alpha value is -1.59. The Kier molecular flexibility index (Phi) is 7.35. The van der Waals surface area contributed by atoms with E-state index in [1.165, 1.54) is 0 Å². The first-order chi connectivity index (χ1) is 10.4. The molecule has 0 aromatic heterocycles. The first-order valence-electron chi connectivity index (χ1n) is 8.27. The Balaban J connectivity index is 2.62. The second-order valence-corrected chi connectivity index (χ2v) is 5.96. The third-order valence-electron chi connectivity index (χ3n) is 4.37. The zero-order valence-electron chi connectivity index (χ0n) is 13.8. The number of amides is 2. The number of nitrogens with zero attached hydrogens (tertiary/aromatic N) is 1. The minimum atomic E-state index is -1.01. The van der Waals surface area contributed by atoms with Crippen LogP contribution in [0.2, 0.25) is 0 Å². The fourth-order valence-corrected chi connectivity index (χ4v) is 2.94. The van der Waals surface area contributed by atoms with Crippen molar-refractivity contribution in [2.45, 2.75) is 71.4 Å². The van der Waals surface area contributed by atoms with E-state index in [0.717, 1.165) is 25.7 Å². The van der Waals surface area contributed by atoms with Crippen LogP contribution in [0.15, 0.2) is 0 Å². The monoisotopic (exact) mass is 312 g/mol. The number of aliphatic carboxylic acids is 1. The maximum absolute atomic E-state index is 12.3. The molecular formula is C16H28N2O4. The molecule has 1 heterocycles. The Morgan fingerprint density at radius 3 is 2.45 bits per heavy atom. The predicted molar refractivity (Wildman–Crippen MR) is 83.3 cm³/mol. The maximum Gasteiger partial charge on any atom is 0.326 e. The van der Waals surface area contributed by atoms with Crippen LogP contribution in [0.25, 0.3) is 0 Å². The van der Waals surface area contributed by atoms with Crippen molar-refractivity contribution in [2.75, 3.05) is 6.54 Å². The van der Waals surface area contributed by atoms with Gasteiger partial charge in [0, 0.05) is 19.0 Å². The molecule has 2 atom stereocenters. The van der Waals surface area contributed by atoms with E-state index in [9.17, 15) is 14.4 Å². The van der Waals surface area contributed by atoms with E-state index in [4.69, 9.17) is 5.11 Å². The molecule has 22 heavy (non-hydrogen) atoms. The van der Waals surface area contributed by atoms with Gasteiger partial charge in [-0.3, -0.25) is 9.59 Å². The number of carbonyl (C=O) groups excluding carboxylic acids is 2. The molecule has 1 aliphatic rings. The SMILES string of the molecule is CCCC[C@H](NC(=O)C1CC(=O)N(C(CC)CC)C1)C(=O)O. The van der Waals surface area contributed by atoms with Crippen LogP contribution < -0.4 is 5.32 Å². The minimum absolute atomic E-state index is 0.00529. The van der Waals surface area contributed by atoms with Gasteiger partial charge in [-0.2, -0.15) is 0 Å². The molecule has 0 saturated carbocycles. The maximum atomic E-state index is 12.3. The van der Waals surface area contributed by atoms with Crippen molar-refractivity contribution in [1.82, 2.24) is 10.2 Å². The number of carboxylic acids is 1. The van der Waals surface area contributed by atoms with Crippen molar-refractivity contribution in [3.8, 4) is 0 Å². The lowest BCUT2D eigenvalue weighted by Crippen LogP contribution is -2.44. The summed E-state index contributed by atoms with van der Waals surface area (Å²) in [6.07, 6.45) is 3.97. The van der Waals surface area contributed by atoms with Gasteiger partial charge in [0.25, 0.3) is 0 Å². The molecule has 6 nitrogen and oxygen atoms in total. The molecule has 0 aliphatic carbocycles. The van der Waals surface area contributed by atoms with Gasteiger partial charge < -0.3 is 15.3 Å². The molecule has 1 fully saturated rings. The quantitative estimate of drug-likeness (QED) is 0.679. The van der Waals surface area contributed by atoms with E-state index >= 15 is 0 Å². The standard InChI is InChI=1S/C16H28N2O4/c1-4-7-8-13(16(21)22)17-15(20)11-9-14(19)18(10-11)12(5-2)6-3/h11-13H,4-10H2,1-3H3,(H,17,20)(H,21,22)/t11?,13-/m0/s1. The zero-order valence-corrected chi connectivity index (χ0v) is 13.8. The number of hydrogen-bond donors (Lipinski definition) is 2. The predicted octanol–water partition coefficient (Wildman–Crippen LogP) is 1.78. The molecule has 0 spiro atoms. The van der Waals surface area contributed by atoms with Crippen LogP contribution in [-0.2, 0) is 14.4 Å². The summed E-state index contributed by atoms with van der Waals surface area (Å²) in [5.41, 5.74) is 0. The van der Waals surface area contributed by atoms with Crippen LogP contribution in [0.5, 0.6) is 0 Å². The Bertz CT molecular complexity index is 407. The average molecular weight is 312 g/mol. The molecule has 1 unspecified atom stereocenters. The van der Waals surface area contributed by atoms with Crippen molar-refractivity contribution < 1.29 is 19.5 Å². The highest BCUT2D eigenvalue weighted by Gasteiger charge is 2.37. The molecule has 1 rings (SSSR count). The zero-order chi connectivity index (χ0) is 16.7. The van der Waals surface area contributed by atoms with E-state index in [2.05, 4.69) is 5.32 Å². The number of unbranched alkanes of at least 4 members (excludes halogenated alkanes) is 1. The van der Waals surface area contributed by atoms with Gasteiger partial charge in [-0.1, -0.05) is 33.6 Å². The van der Waals surface area contributed by atoms with Crippen LogP contribution in [0.3, 0.4) is 0 Å². The molecule has 126 valence electrons. The Morgan fingerprint density at radius 2 is 1.95 bits per heavy atom. The van der Waals surface area contributed by atoms with E-state index in [1.54, 1.807) is 4.90 Å². The molecule has 2 amide bonds. The number of nitrogens with one attached hydrogen (secondary N) is 1. The molecule has 0 aromatic carbocycles. The normalized spacial score (nSPS) is 19.5. The van der Waals surface area contributed by atoms with Crippen molar-refractivity contribution in [3.05, 3.63) is 0 Å². The number of likely N-dealkylation sites (tertiary alicyclic amines) is 1. The molecule has 2 N–H and O–H groups in total. The number of rotatable bonds is 9. The summed E-state index contributed by atoms with van der Waals surface area (Å²) in [5, 5.41) is 11.8. The van der Waals surface area contributed by atoms with Crippen LogP contribution in [0.4, 0.5) is 0 Å². The summed E-state index contributed by atoms with van der Waals surface area (Å²) in [5.74, 6) is -1.76. The average Bonchev–Trinajstić information content (AvgIpc) is 2.86. The number of hydrogen-bond acceptors (Lipinski definition) is 3. The molecule has 0 bridgehead atoms. The number of carboxylic acid groups (broad SMARTS) is 1. The summed E-state index contributed by atoms with van der Waals surface area (Å²) >= 11 is 0. The van der Waals surface area contributed by atoms with Gasteiger partial charge in [0.15, 0.2) is 0 Å². The van der Waals surface area contributed by atoms with Gasteiger partial charge in [0.1, 0.15) is 6.04 Å². The molecule has 0 aromatic rings. The van der Waals surface area contributed by atoms with Crippen molar-refractivity contribution in [1.29, 1.82) is 0 Å². The van der Waals surface area contributed by atoms with Gasteiger partial charge in [-0.25, -0.2) is 4.79 Å². The fraction of sp³-hybridized carbons (Fsp3) is 0.812. The summed E-state index contributed by atoms with van der Waals surface area (Å²) in [6.45, 7) is 6.43. The van der Waals surface area contributed by atoms with Crippen LogP contribution >= 0.6 is 0 Å². The first-order valence-corrected chi connectivity index (χ1v) is 8.27. The van der Waals surface area contributed by atoms with Crippen LogP contribution in [0.1, 0.15) is 59.3 Å². The third kappa shape index (κ3) is 4.71. The molecule has 1 aliphatic heterocycles. The van der Waals surface area contributed by atoms with E-state index in [0.29, 0.717) is 13.0 Å². The largest absolute Gasteiger partial charge is 0.480 e. The molecule has 1 saturated heterocycles. The summed E-state index contributed by atoms with van der Waals surface area (Å²) in [4.78, 5) is 37.3. The van der Waals surface area contributed by atoms with Crippen molar-refractivity contribution in [3.63, 3.8) is 0 Å². The highest BCUT2D eigenvalue weighted by Crippen LogP contribution is 2.23. The summed E-state index contributed by atoms with van der Waals surface area (Å²) in [7, 11) is 0. The third-order valence-corrected chi connectivity index (χ3v) is 4.37. The van der Waals surface area contributed by atoms with Crippen LogP contribution in [0, 0.1) is 5.92 Å². The topological polar surface area (TPSA) is 86.7 Å². The smallest absolute Gasteiger partial charge is 0.326 e. The van der Waals surface area contributed by atoms with Gasteiger partial charge in [0.2, 0.25) is 11.8 Å². The highest BCUT2D eigenvalue weighted by atomic mass is 16.4. The minimum Gasteiger partial charge on any atom is -0.480 e. The van der Waals surface area contributed by atoms with Gasteiger partial charge in [-0.15, -0.1) is 0 Å². The number of carbonyl (C=O) groups is 3. The van der Waals surface area contributed by atoms with Gasteiger partial charge in [-0.05, 0) is 19.3 Å². The molecular weight excluding hydrogens is 284 g/mol. The lowest BCUT2D eigenvalue weighted by molar-refractivity contribution is -0.142. The lowest BCUT2D eigenvalue weighted by Gasteiger charge is -2.26. The first kappa shape index (κ1) is 18.5. The van der Waals surface area contributed by atoms with Crippen LogP contribution in [-0.4, -0.2) is 46.4 Å². The molecule has 6 heteroatoms. The van der Waals surface area contributed by atoms with E-state index in [-0.39, 0.29) is 24.3 Å². The summed E-state index contributed by atoms with van der Waals surface area (Å²) in [6, 6.07) is -0.689. The van der Waals surface area contributed by atoms with Crippen molar-refractivity contribution >= 4 is 17.8 Å². The van der Waals surface area contributed by atoms with Gasteiger partial charge >= 0.3 is 5.97 Å². The van der Waals surface area contributed by atoms with Crippen molar-refractivity contribution in [2.24, 2.45) is 5.92 Å². The van der Waals surface area contributed by atoms with E-state index in [1.807, 2.05) is 20.8 Å². The Morgan fingerprint density at radius 1 is 1.32 bits per heavy atom. The van der Waals surface area contributed by atoms with Gasteiger partial charge in [0.05, 0.1) is 5.92 Å². The summed E-state index contributed by atoms with van der Waals surface area (Å²) < 4.78 is 0. The Labute approximate surface area is 132 Å².